The SMILES string of the molecule is CCNC(CCCS(C)(=O)=O)c1cc(C)c(F)cc1F. The molecule has 3 nitrogen and oxygen atoms in total. The second-order valence-electron chi connectivity index (χ2n) is 5.01. The average Bonchev–Trinajstić information content (AvgIpc) is 2.31. The number of aryl methyl sites for hydroxylation is 1. The van der Waals surface area contributed by atoms with Gasteiger partial charge in [-0.1, -0.05) is 6.92 Å². The van der Waals surface area contributed by atoms with Crippen molar-refractivity contribution in [3.8, 4) is 0 Å². The monoisotopic (exact) mass is 305 g/mol. The maximum atomic E-state index is 13.9. The summed E-state index contributed by atoms with van der Waals surface area (Å²) in [6.45, 7) is 4.09. The Morgan fingerprint density at radius 3 is 2.45 bits per heavy atom. The van der Waals surface area contributed by atoms with Crippen LogP contribution in [0.5, 0.6) is 0 Å². The van der Waals surface area contributed by atoms with Gasteiger partial charge in [-0.05, 0) is 37.9 Å². The van der Waals surface area contributed by atoms with E-state index in [1.807, 2.05) is 6.92 Å². The van der Waals surface area contributed by atoms with Gasteiger partial charge in [0.25, 0.3) is 0 Å². The molecule has 0 aromatic heterocycles. The van der Waals surface area contributed by atoms with E-state index >= 15 is 0 Å². The number of benzene rings is 1. The Labute approximate surface area is 119 Å². The normalized spacial score (nSPS) is 13.4. The Morgan fingerprint density at radius 2 is 1.90 bits per heavy atom. The van der Waals surface area contributed by atoms with E-state index in [0.717, 1.165) is 6.07 Å². The molecule has 0 saturated carbocycles. The second kappa shape index (κ2) is 7.13. The minimum Gasteiger partial charge on any atom is -0.310 e. The number of rotatable bonds is 7. The summed E-state index contributed by atoms with van der Waals surface area (Å²) in [4.78, 5) is 0. The summed E-state index contributed by atoms with van der Waals surface area (Å²) in [5, 5.41) is 3.12. The van der Waals surface area contributed by atoms with Crippen LogP contribution in [0.15, 0.2) is 12.1 Å². The molecule has 1 aromatic carbocycles. The molecule has 0 amide bonds. The van der Waals surface area contributed by atoms with Crippen molar-refractivity contribution in [3.63, 3.8) is 0 Å². The Kier molecular flexibility index (Phi) is 6.07. The van der Waals surface area contributed by atoms with Crippen LogP contribution in [0.3, 0.4) is 0 Å². The molecule has 114 valence electrons. The van der Waals surface area contributed by atoms with Gasteiger partial charge in [0, 0.05) is 29.7 Å². The molecule has 0 aliphatic rings. The zero-order chi connectivity index (χ0) is 15.3. The Bertz CT molecular complexity index is 559. The first-order chi connectivity index (χ1) is 9.24. The largest absolute Gasteiger partial charge is 0.310 e. The van der Waals surface area contributed by atoms with Crippen LogP contribution in [-0.4, -0.2) is 27.0 Å². The van der Waals surface area contributed by atoms with Gasteiger partial charge in [0.1, 0.15) is 21.5 Å². The molecule has 0 heterocycles. The Morgan fingerprint density at radius 1 is 1.25 bits per heavy atom. The molecule has 0 saturated heterocycles. The van der Waals surface area contributed by atoms with Crippen LogP contribution in [0.2, 0.25) is 0 Å². The first-order valence-corrected chi connectivity index (χ1v) is 8.67. The highest BCUT2D eigenvalue weighted by Crippen LogP contribution is 2.24. The minimum absolute atomic E-state index is 0.0662. The van der Waals surface area contributed by atoms with Gasteiger partial charge in [-0.15, -0.1) is 0 Å². The summed E-state index contributed by atoms with van der Waals surface area (Å²) in [7, 11) is -3.02. The summed E-state index contributed by atoms with van der Waals surface area (Å²) >= 11 is 0. The summed E-state index contributed by atoms with van der Waals surface area (Å²) in [6.07, 6.45) is 2.10. The average molecular weight is 305 g/mol. The summed E-state index contributed by atoms with van der Waals surface area (Å²) in [5.74, 6) is -1.10. The van der Waals surface area contributed by atoms with Crippen molar-refractivity contribution >= 4 is 9.84 Å². The maximum absolute atomic E-state index is 13.9. The maximum Gasteiger partial charge on any atom is 0.147 e. The smallest absolute Gasteiger partial charge is 0.147 e. The molecular formula is C14H21F2NO2S. The first-order valence-electron chi connectivity index (χ1n) is 6.61. The Hall–Kier alpha value is -1.01. The number of hydrogen-bond donors (Lipinski definition) is 1. The molecule has 1 aromatic rings. The van der Waals surface area contributed by atoms with Crippen LogP contribution in [0.4, 0.5) is 8.78 Å². The van der Waals surface area contributed by atoms with Crippen molar-refractivity contribution in [1.29, 1.82) is 0 Å². The zero-order valence-electron chi connectivity index (χ0n) is 12.0. The number of hydrogen-bond acceptors (Lipinski definition) is 3. The van der Waals surface area contributed by atoms with E-state index in [1.54, 1.807) is 6.92 Å². The molecule has 1 unspecified atom stereocenters. The van der Waals surface area contributed by atoms with Gasteiger partial charge in [0.2, 0.25) is 0 Å². The fourth-order valence-corrected chi connectivity index (χ4v) is 2.80. The van der Waals surface area contributed by atoms with Gasteiger partial charge in [-0.2, -0.15) is 0 Å². The molecule has 0 bridgehead atoms. The van der Waals surface area contributed by atoms with Crippen LogP contribution in [-0.2, 0) is 9.84 Å². The molecule has 0 spiro atoms. The van der Waals surface area contributed by atoms with E-state index in [-0.39, 0.29) is 11.8 Å². The van der Waals surface area contributed by atoms with Crippen LogP contribution < -0.4 is 5.32 Å². The van der Waals surface area contributed by atoms with E-state index < -0.39 is 21.5 Å². The molecule has 20 heavy (non-hydrogen) atoms. The summed E-state index contributed by atoms with van der Waals surface area (Å²) in [6, 6.07) is 2.06. The van der Waals surface area contributed by atoms with E-state index in [1.165, 1.54) is 12.3 Å². The third-order valence-electron chi connectivity index (χ3n) is 3.11. The van der Waals surface area contributed by atoms with Crippen LogP contribution in [0.25, 0.3) is 0 Å². The molecule has 0 aliphatic carbocycles. The van der Waals surface area contributed by atoms with Gasteiger partial charge in [0.15, 0.2) is 0 Å². The second-order valence-corrected chi connectivity index (χ2v) is 7.27. The lowest BCUT2D eigenvalue weighted by atomic mass is 9.99. The molecule has 0 aliphatic heterocycles. The minimum atomic E-state index is -3.02. The predicted molar refractivity (Wildman–Crippen MR) is 76.5 cm³/mol. The molecule has 1 atom stereocenters. The molecule has 1 rings (SSSR count). The van der Waals surface area contributed by atoms with Gasteiger partial charge in [-0.3, -0.25) is 0 Å². The number of halogens is 2. The fourth-order valence-electron chi connectivity index (χ4n) is 2.11. The van der Waals surface area contributed by atoms with Crippen LogP contribution >= 0.6 is 0 Å². The van der Waals surface area contributed by atoms with Crippen molar-refractivity contribution in [2.75, 3.05) is 18.6 Å². The Balaban J connectivity index is 2.88. The molecule has 0 fully saturated rings. The fraction of sp³-hybridized carbons (Fsp3) is 0.571. The van der Waals surface area contributed by atoms with Gasteiger partial charge < -0.3 is 5.32 Å². The highest BCUT2D eigenvalue weighted by molar-refractivity contribution is 7.90. The van der Waals surface area contributed by atoms with E-state index in [0.29, 0.717) is 30.5 Å². The quantitative estimate of drug-likeness (QED) is 0.842. The topological polar surface area (TPSA) is 46.2 Å². The zero-order valence-corrected chi connectivity index (χ0v) is 12.9. The molecule has 6 heteroatoms. The van der Waals surface area contributed by atoms with Crippen molar-refractivity contribution < 1.29 is 17.2 Å². The molecule has 0 radical (unpaired) electrons. The van der Waals surface area contributed by atoms with Gasteiger partial charge in [-0.25, -0.2) is 17.2 Å². The predicted octanol–water partition coefficient (Wildman–Crippen LogP) is 2.75. The molecule has 1 N–H and O–H groups in total. The lowest BCUT2D eigenvalue weighted by Crippen LogP contribution is -2.23. The third kappa shape index (κ3) is 5.17. The van der Waals surface area contributed by atoms with Gasteiger partial charge >= 0.3 is 0 Å². The van der Waals surface area contributed by atoms with Crippen molar-refractivity contribution in [2.45, 2.75) is 32.7 Å². The lowest BCUT2D eigenvalue weighted by Gasteiger charge is -2.19. The van der Waals surface area contributed by atoms with E-state index in [9.17, 15) is 17.2 Å². The highest BCUT2D eigenvalue weighted by atomic mass is 32.2. The van der Waals surface area contributed by atoms with Crippen molar-refractivity contribution in [2.24, 2.45) is 0 Å². The lowest BCUT2D eigenvalue weighted by molar-refractivity contribution is 0.474. The summed E-state index contributed by atoms with van der Waals surface area (Å²) < 4.78 is 49.4. The number of sulfone groups is 1. The highest BCUT2D eigenvalue weighted by Gasteiger charge is 2.17. The van der Waals surface area contributed by atoms with Crippen LogP contribution in [0.1, 0.15) is 36.9 Å². The number of nitrogens with one attached hydrogen (secondary N) is 1. The van der Waals surface area contributed by atoms with Gasteiger partial charge in [0.05, 0.1) is 0 Å². The third-order valence-corrected chi connectivity index (χ3v) is 4.14. The van der Waals surface area contributed by atoms with Crippen LogP contribution in [0, 0.1) is 18.6 Å². The first kappa shape index (κ1) is 17.0. The summed E-state index contributed by atoms with van der Waals surface area (Å²) in [5.41, 5.74) is 0.770. The van der Waals surface area contributed by atoms with E-state index in [2.05, 4.69) is 5.32 Å². The van der Waals surface area contributed by atoms with E-state index in [4.69, 9.17) is 0 Å². The van der Waals surface area contributed by atoms with Crippen molar-refractivity contribution in [1.82, 2.24) is 5.32 Å². The standard InChI is InChI=1S/C14H21F2NO2S/c1-4-17-14(6-5-7-20(3,18)19)11-8-10(2)12(15)9-13(11)16/h8-9,14,17H,4-7H2,1-3H3. The van der Waals surface area contributed by atoms with Crippen molar-refractivity contribution in [3.05, 3.63) is 34.9 Å². The molecular weight excluding hydrogens is 284 g/mol.